The Morgan fingerprint density at radius 1 is 1.00 bits per heavy atom. The Bertz CT molecular complexity index is 699. The van der Waals surface area contributed by atoms with Crippen LogP contribution < -0.4 is 10.1 Å². The maximum Gasteiger partial charge on any atom is 0.260 e. The molecule has 0 saturated heterocycles. The van der Waals surface area contributed by atoms with Crippen LogP contribution in [-0.2, 0) is 11.2 Å². The number of rotatable bonds is 8. The van der Waals surface area contributed by atoms with E-state index in [1.165, 1.54) is 11.1 Å². The molecule has 0 unspecified atom stereocenters. The van der Waals surface area contributed by atoms with Crippen LogP contribution in [0.2, 0.25) is 0 Å². The van der Waals surface area contributed by atoms with Gasteiger partial charge in [0.1, 0.15) is 5.75 Å². The Labute approximate surface area is 157 Å². The minimum Gasteiger partial charge on any atom is -0.481 e. The van der Waals surface area contributed by atoms with Gasteiger partial charge in [0.2, 0.25) is 0 Å². The fourth-order valence-electron chi connectivity index (χ4n) is 2.98. The van der Waals surface area contributed by atoms with E-state index >= 15 is 0 Å². The van der Waals surface area contributed by atoms with Crippen LogP contribution in [0.15, 0.2) is 42.5 Å². The third kappa shape index (κ3) is 6.21. The SMILES string of the molecule is Cc1cc(C)cc(O[C@H](C)C(=O)NCCCc2ccc(C(C)C)cc2)c1. The van der Waals surface area contributed by atoms with Gasteiger partial charge in [-0.05, 0) is 73.9 Å². The molecule has 0 aliphatic rings. The fourth-order valence-corrected chi connectivity index (χ4v) is 2.98. The molecule has 0 saturated carbocycles. The van der Waals surface area contributed by atoms with Gasteiger partial charge in [-0.2, -0.15) is 0 Å². The number of nitrogens with one attached hydrogen (secondary N) is 1. The van der Waals surface area contributed by atoms with Gasteiger partial charge in [0.25, 0.3) is 5.91 Å². The van der Waals surface area contributed by atoms with Gasteiger partial charge in [-0.3, -0.25) is 4.79 Å². The van der Waals surface area contributed by atoms with Crippen LogP contribution in [0.1, 0.15) is 55.4 Å². The molecule has 1 amide bonds. The first-order valence-electron chi connectivity index (χ1n) is 9.46. The molecule has 0 bridgehead atoms. The number of carbonyl (C=O) groups excluding carboxylic acids is 1. The number of ether oxygens (including phenoxy) is 1. The molecule has 2 aromatic rings. The molecule has 3 nitrogen and oxygen atoms in total. The number of hydrogen-bond acceptors (Lipinski definition) is 2. The average Bonchev–Trinajstić information content (AvgIpc) is 2.58. The van der Waals surface area contributed by atoms with Gasteiger partial charge in [0.05, 0.1) is 0 Å². The third-order valence-corrected chi connectivity index (χ3v) is 4.47. The Morgan fingerprint density at radius 3 is 2.19 bits per heavy atom. The molecule has 1 atom stereocenters. The van der Waals surface area contributed by atoms with Crippen molar-refractivity contribution < 1.29 is 9.53 Å². The Morgan fingerprint density at radius 2 is 1.62 bits per heavy atom. The molecular formula is C23H31NO2. The Kier molecular flexibility index (Phi) is 7.26. The van der Waals surface area contributed by atoms with Crippen molar-refractivity contribution in [3.05, 3.63) is 64.7 Å². The zero-order valence-electron chi connectivity index (χ0n) is 16.6. The van der Waals surface area contributed by atoms with Crippen LogP contribution in [0, 0.1) is 13.8 Å². The van der Waals surface area contributed by atoms with Crippen molar-refractivity contribution in [1.29, 1.82) is 0 Å². The highest BCUT2D eigenvalue weighted by Gasteiger charge is 2.14. The normalized spacial score (nSPS) is 12.1. The van der Waals surface area contributed by atoms with Crippen molar-refractivity contribution in [2.75, 3.05) is 6.54 Å². The number of carbonyl (C=O) groups is 1. The molecule has 0 aromatic heterocycles. The number of amides is 1. The van der Waals surface area contributed by atoms with E-state index in [4.69, 9.17) is 4.74 Å². The van der Waals surface area contributed by atoms with Crippen LogP contribution in [0.3, 0.4) is 0 Å². The first-order valence-corrected chi connectivity index (χ1v) is 9.46. The smallest absolute Gasteiger partial charge is 0.260 e. The van der Waals surface area contributed by atoms with E-state index in [9.17, 15) is 4.79 Å². The van der Waals surface area contributed by atoms with E-state index in [1.54, 1.807) is 6.92 Å². The summed E-state index contributed by atoms with van der Waals surface area (Å²) < 4.78 is 5.78. The topological polar surface area (TPSA) is 38.3 Å². The van der Waals surface area contributed by atoms with Crippen molar-refractivity contribution in [3.8, 4) is 5.75 Å². The number of aryl methyl sites for hydroxylation is 3. The first kappa shape index (κ1) is 20.0. The molecule has 1 N–H and O–H groups in total. The molecule has 26 heavy (non-hydrogen) atoms. The standard InChI is InChI=1S/C23H31NO2/c1-16(2)21-10-8-20(9-11-21)7-6-12-24-23(25)19(5)26-22-14-17(3)13-18(4)15-22/h8-11,13-16,19H,6-7,12H2,1-5H3,(H,24,25)/t19-/m1/s1. The van der Waals surface area contributed by atoms with Crippen LogP contribution >= 0.6 is 0 Å². The Balaban J connectivity index is 1.73. The van der Waals surface area contributed by atoms with E-state index in [0.717, 1.165) is 29.7 Å². The highest BCUT2D eigenvalue weighted by molar-refractivity contribution is 5.80. The summed E-state index contributed by atoms with van der Waals surface area (Å²) in [6, 6.07) is 14.8. The lowest BCUT2D eigenvalue weighted by Gasteiger charge is -2.15. The van der Waals surface area contributed by atoms with Gasteiger partial charge >= 0.3 is 0 Å². The molecule has 0 fully saturated rings. The quantitative estimate of drug-likeness (QED) is 0.682. The van der Waals surface area contributed by atoms with Gasteiger partial charge in [0, 0.05) is 6.54 Å². The largest absolute Gasteiger partial charge is 0.481 e. The molecule has 2 aromatic carbocycles. The van der Waals surface area contributed by atoms with Crippen molar-refractivity contribution in [2.24, 2.45) is 0 Å². The lowest BCUT2D eigenvalue weighted by Crippen LogP contribution is -2.37. The molecule has 140 valence electrons. The van der Waals surface area contributed by atoms with Gasteiger partial charge in [-0.1, -0.05) is 44.2 Å². The zero-order valence-corrected chi connectivity index (χ0v) is 16.6. The predicted molar refractivity (Wildman–Crippen MR) is 108 cm³/mol. The van der Waals surface area contributed by atoms with Crippen LogP contribution in [-0.4, -0.2) is 18.6 Å². The first-order chi connectivity index (χ1) is 12.3. The van der Waals surface area contributed by atoms with Crippen molar-refractivity contribution in [3.63, 3.8) is 0 Å². The van der Waals surface area contributed by atoms with Crippen molar-refractivity contribution >= 4 is 5.91 Å². The Hall–Kier alpha value is -2.29. The van der Waals surface area contributed by atoms with E-state index in [1.807, 2.05) is 26.0 Å². The molecule has 3 heteroatoms. The van der Waals surface area contributed by atoms with Crippen LogP contribution in [0.5, 0.6) is 5.75 Å². The summed E-state index contributed by atoms with van der Waals surface area (Å²) in [6.45, 7) is 10.9. The van der Waals surface area contributed by atoms with Crippen molar-refractivity contribution in [2.45, 2.75) is 59.5 Å². The van der Waals surface area contributed by atoms with Crippen LogP contribution in [0.25, 0.3) is 0 Å². The minimum atomic E-state index is -0.499. The highest BCUT2D eigenvalue weighted by Crippen LogP contribution is 2.18. The highest BCUT2D eigenvalue weighted by atomic mass is 16.5. The number of benzene rings is 2. The lowest BCUT2D eigenvalue weighted by atomic mass is 10.0. The van der Waals surface area contributed by atoms with E-state index in [2.05, 4.69) is 49.5 Å². The second-order valence-electron chi connectivity index (χ2n) is 7.37. The van der Waals surface area contributed by atoms with E-state index in [0.29, 0.717) is 12.5 Å². The molecule has 0 radical (unpaired) electrons. The summed E-state index contributed by atoms with van der Waals surface area (Å²) in [6.07, 6.45) is 1.38. The molecule has 0 aliphatic carbocycles. The van der Waals surface area contributed by atoms with Crippen LogP contribution in [0.4, 0.5) is 0 Å². The molecular weight excluding hydrogens is 322 g/mol. The number of hydrogen-bond donors (Lipinski definition) is 1. The lowest BCUT2D eigenvalue weighted by molar-refractivity contribution is -0.127. The summed E-state index contributed by atoms with van der Waals surface area (Å²) >= 11 is 0. The molecule has 2 rings (SSSR count). The zero-order chi connectivity index (χ0) is 19.1. The summed E-state index contributed by atoms with van der Waals surface area (Å²) in [5, 5.41) is 2.97. The molecule has 0 aliphatic heterocycles. The van der Waals surface area contributed by atoms with Gasteiger partial charge in [-0.15, -0.1) is 0 Å². The summed E-state index contributed by atoms with van der Waals surface area (Å²) in [7, 11) is 0. The molecule has 0 spiro atoms. The second-order valence-corrected chi connectivity index (χ2v) is 7.37. The van der Waals surface area contributed by atoms with Crippen molar-refractivity contribution in [1.82, 2.24) is 5.32 Å². The van der Waals surface area contributed by atoms with Gasteiger partial charge in [-0.25, -0.2) is 0 Å². The average molecular weight is 354 g/mol. The fraction of sp³-hybridized carbons (Fsp3) is 0.435. The van der Waals surface area contributed by atoms with Gasteiger partial charge < -0.3 is 10.1 Å². The summed E-state index contributed by atoms with van der Waals surface area (Å²) in [5.74, 6) is 1.23. The maximum atomic E-state index is 12.2. The van der Waals surface area contributed by atoms with E-state index in [-0.39, 0.29) is 5.91 Å². The third-order valence-electron chi connectivity index (χ3n) is 4.47. The van der Waals surface area contributed by atoms with E-state index < -0.39 is 6.10 Å². The predicted octanol–water partition coefficient (Wildman–Crippen LogP) is 4.94. The monoisotopic (exact) mass is 353 g/mol. The maximum absolute atomic E-state index is 12.2. The minimum absolute atomic E-state index is 0.0701. The summed E-state index contributed by atoms with van der Waals surface area (Å²) in [5.41, 5.74) is 4.94. The van der Waals surface area contributed by atoms with Gasteiger partial charge in [0.15, 0.2) is 6.10 Å². The molecule has 0 heterocycles. The second kappa shape index (κ2) is 9.42. The summed E-state index contributed by atoms with van der Waals surface area (Å²) in [4.78, 5) is 12.2.